The third-order valence-corrected chi connectivity index (χ3v) is 1.94. The molecule has 0 saturated carbocycles. The summed E-state index contributed by atoms with van der Waals surface area (Å²) in [6.07, 6.45) is -2.67. The third-order valence-electron chi connectivity index (χ3n) is 1.94. The van der Waals surface area contributed by atoms with Gasteiger partial charge in [0, 0.05) is 5.56 Å². The number of rotatable bonds is 3. The highest BCUT2D eigenvalue weighted by Gasteiger charge is 2.21. The second-order valence-corrected chi connectivity index (χ2v) is 2.94. The second-order valence-electron chi connectivity index (χ2n) is 2.94. The molecule has 1 aromatic rings. The molecule has 0 spiro atoms. The number of methoxy groups -OCH3 is 1. The van der Waals surface area contributed by atoms with E-state index in [2.05, 4.69) is 9.72 Å². The maximum absolute atomic E-state index is 13.5. The van der Waals surface area contributed by atoms with Crippen molar-refractivity contribution in [3.63, 3.8) is 0 Å². The van der Waals surface area contributed by atoms with E-state index in [-0.39, 0.29) is 11.3 Å². The van der Waals surface area contributed by atoms with Crippen molar-refractivity contribution in [2.75, 3.05) is 12.8 Å². The quantitative estimate of drug-likeness (QED) is 0.804. The Bertz CT molecular complexity index is 410. The molecule has 0 aliphatic carbocycles. The van der Waals surface area contributed by atoms with Gasteiger partial charge in [-0.15, -0.1) is 0 Å². The number of pyridine rings is 1. The topological polar surface area (TPSA) is 65.2 Å². The van der Waals surface area contributed by atoms with E-state index in [4.69, 9.17) is 5.73 Å². The van der Waals surface area contributed by atoms with Gasteiger partial charge < -0.3 is 10.5 Å². The molecular formula is C9H9F3N2O2. The first-order valence-electron chi connectivity index (χ1n) is 4.25. The van der Waals surface area contributed by atoms with Gasteiger partial charge in [0.05, 0.1) is 25.4 Å². The molecule has 0 fully saturated rings. The minimum absolute atomic E-state index is 0.160. The first-order valence-corrected chi connectivity index (χ1v) is 4.25. The minimum Gasteiger partial charge on any atom is -0.469 e. The Balaban J connectivity index is 3.16. The SMILES string of the molecule is COC(=O)Cc1c(N)cnc(C(F)F)c1F. The Labute approximate surface area is 89.2 Å². The number of hydrogen-bond acceptors (Lipinski definition) is 4. The van der Waals surface area contributed by atoms with Gasteiger partial charge in [-0.3, -0.25) is 4.79 Å². The molecule has 4 nitrogen and oxygen atoms in total. The first kappa shape index (κ1) is 12.3. The van der Waals surface area contributed by atoms with Gasteiger partial charge in [-0.1, -0.05) is 0 Å². The fourth-order valence-corrected chi connectivity index (χ4v) is 1.10. The number of esters is 1. The Hall–Kier alpha value is -1.79. The Morgan fingerprint density at radius 3 is 2.75 bits per heavy atom. The number of ether oxygens (including phenoxy) is 1. The van der Waals surface area contributed by atoms with Gasteiger partial charge in [-0.05, 0) is 0 Å². The van der Waals surface area contributed by atoms with Crippen LogP contribution in [0.25, 0.3) is 0 Å². The molecule has 0 atom stereocenters. The van der Waals surface area contributed by atoms with E-state index in [1.165, 1.54) is 0 Å². The monoisotopic (exact) mass is 234 g/mol. The van der Waals surface area contributed by atoms with Gasteiger partial charge in [0.15, 0.2) is 5.82 Å². The highest BCUT2D eigenvalue weighted by molar-refractivity contribution is 5.74. The van der Waals surface area contributed by atoms with Crippen molar-refractivity contribution in [1.82, 2.24) is 4.98 Å². The van der Waals surface area contributed by atoms with Gasteiger partial charge in [-0.2, -0.15) is 0 Å². The van der Waals surface area contributed by atoms with Gasteiger partial charge in [0.2, 0.25) is 0 Å². The molecular weight excluding hydrogens is 225 g/mol. The summed E-state index contributed by atoms with van der Waals surface area (Å²) in [6.45, 7) is 0. The molecule has 0 saturated heterocycles. The summed E-state index contributed by atoms with van der Waals surface area (Å²) < 4.78 is 42.3. The van der Waals surface area contributed by atoms with Crippen LogP contribution >= 0.6 is 0 Å². The minimum atomic E-state index is -3.06. The van der Waals surface area contributed by atoms with Crippen LogP contribution in [0, 0.1) is 5.82 Å². The molecule has 1 rings (SSSR count). The zero-order chi connectivity index (χ0) is 12.3. The fraction of sp³-hybridized carbons (Fsp3) is 0.333. The van der Waals surface area contributed by atoms with Crippen LogP contribution in [0.4, 0.5) is 18.9 Å². The first-order chi connectivity index (χ1) is 7.47. The van der Waals surface area contributed by atoms with Crippen molar-refractivity contribution in [2.45, 2.75) is 12.8 Å². The fourth-order valence-electron chi connectivity index (χ4n) is 1.10. The van der Waals surface area contributed by atoms with Crippen molar-refractivity contribution in [2.24, 2.45) is 0 Å². The predicted molar refractivity (Wildman–Crippen MR) is 49.3 cm³/mol. The summed E-state index contributed by atoms with van der Waals surface area (Å²) in [5.41, 5.74) is 3.84. The number of hydrogen-bond donors (Lipinski definition) is 1. The number of alkyl halides is 2. The number of carbonyl (C=O) groups excluding carboxylic acids is 1. The summed E-state index contributed by atoms with van der Waals surface area (Å²) >= 11 is 0. The lowest BCUT2D eigenvalue weighted by atomic mass is 10.1. The molecule has 16 heavy (non-hydrogen) atoms. The Morgan fingerprint density at radius 2 is 2.25 bits per heavy atom. The normalized spacial score (nSPS) is 10.6. The van der Waals surface area contributed by atoms with E-state index < -0.39 is 30.3 Å². The zero-order valence-electron chi connectivity index (χ0n) is 8.34. The maximum Gasteiger partial charge on any atom is 0.310 e. The largest absolute Gasteiger partial charge is 0.469 e. The summed E-state index contributed by atoms with van der Waals surface area (Å²) in [5, 5.41) is 0. The number of anilines is 1. The van der Waals surface area contributed by atoms with Crippen LogP contribution in [0.1, 0.15) is 17.7 Å². The number of nitrogen functional groups attached to an aromatic ring is 1. The van der Waals surface area contributed by atoms with E-state index in [1.807, 2.05) is 0 Å². The van der Waals surface area contributed by atoms with E-state index in [0.717, 1.165) is 13.3 Å². The molecule has 0 bridgehead atoms. The number of nitrogens with two attached hydrogens (primary N) is 1. The van der Waals surface area contributed by atoms with Crippen molar-refractivity contribution in [3.8, 4) is 0 Å². The molecule has 7 heteroatoms. The third kappa shape index (κ3) is 2.41. The van der Waals surface area contributed by atoms with Crippen molar-refractivity contribution >= 4 is 11.7 Å². The average Bonchev–Trinajstić information content (AvgIpc) is 2.23. The van der Waals surface area contributed by atoms with Crippen molar-refractivity contribution in [3.05, 3.63) is 23.3 Å². The highest BCUT2D eigenvalue weighted by atomic mass is 19.3. The molecule has 0 aliphatic rings. The van der Waals surface area contributed by atoms with E-state index in [1.54, 1.807) is 0 Å². The van der Waals surface area contributed by atoms with Gasteiger partial charge in [0.1, 0.15) is 5.69 Å². The lowest BCUT2D eigenvalue weighted by molar-refractivity contribution is -0.139. The van der Waals surface area contributed by atoms with Crippen LogP contribution in [-0.2, 0) is 16.0 Å². The lowest BCUT2D eigenvalue weighted by Gasteiger charge is -2.08. The van der Waals surface area contributed by atoms with Crippen LogP contribution in [0.2, 0.25) is 0 Å². The molecule has 2 N–H and O–H groups in total. The summed E-state index contributed by atoms with van der Waals surface area (Å²) in [4.78, 5) is 14.1. The Morgan fingerprint density at radius 1 is 1.62 bits per heavy atom. The average molecular weight is 234 g/mol. The molecule has 0 radical (unpaired) electrons. The van der Waals surface area contributed by atoms with Crippen LogP contribution in [0.5, 0.6) is 0 Å². The van der Waals surface area contributed by atoms with Crippen molar-refractivity contribution in [1.29, 1.82) is 0 Å². The van der Waals surface area contributed by atoms with Gasteiger partial charge in [-0.25, -0.2) is 18.2 Å². The smallest absolute Gasteiger partial charge is 0.310 e. The molecule has 0 aromatic carbocycles. The van der Waals surface area contributed by atoms with Crippen LogP contribution < -0.4 is 5.73 Å². The zero-order valence-corrected chi connectivity index (χ0v) is 8.34. The summed E-state index contributed by atoms with van der Waals surface area (Å²) in [5.74, 6) is -2.03. The molecule has 0 aliphatic heterocycles. The number of carbonyl (C=O) groups is 1. The standard InChI is InChI=1S/C9H9F3N2O2/c1-16-6(15)2-4-5(13)3-14-8(7(4)10)9(11)12/h3,9H,2,13H2,1H3. The van der Waals surface area contributed by atoms with Crippen LogP contribution in [0.3, 0.4) is 0 Å². The summed E-state index contributed by atoms with van der Waals surface area (Å²) in [7, 11) is 1.10. The van der Waals surface area contributed by atoms with Crippen LogP contribution in [0.15, 0.2) is 6.20 Å². The lowest BCUT2D eigenvalue weighted by Crippen LogP contribution is -2.11. The predicted octanol–water partition coefficient (Wildman–Crippen LogP) is 1.46. The Kier molecular flexibility index (Phi) is 3.70. The highest BCUT2D eigenvalue weighted by Crippen LogP contribution is 2.25. The molecule has 0 amide bonds. The van der Waals surface area contributed by atoms with Gasteiger partial charge >= 0.3 is 5.97 Å². The molecule has 0 unspecified atom stereocenters. The molecule has 1 heterocycles. The molecule has 88 valence electrons. The summed E-state index contributed by atoms with van der Waals surface area (Å²) in [6, 6.07) is 0. The van der Waals surface area contributed by atoms with E-state index in [9.17, 15) is 18.0 Å². The van der Waals surface area contributed by atoms with Crippen molar-refractivity contribution < 1.29 is 22.7 Å². The maximum atomic E-state index is 13.5. The molecule has 1 aromatic heterocycles. The van der Waals surface area contributed by atoms with Crippen LogP contribution in [-0.4, -0.2) is 18.1 Å². The van der Waals surface area contributed by atoms with Gasteiger partial charge in [0.25, 0.3) is 6.43 Å². The van der Waals surface area contributed by atoms with E-state index in [0.29, 0.717) is 0 Å². The number of aromatic nitrogens is 1. The number of nitrogens with zero attached hydrogens (tertiary/aromatic N) is 1. The number of halogens is 3. The second kappa shape index (κ2) is 4.82. The van der Waals surface area contributed by atoms with E-state index >= 15 is 0 Å².